The van der Waals surface area contributed by atoms with Gasteiger partial charge in [-0.05, 0) is 55.6 Å². The number of benzene rings is 5. The average Bonchev–Trinajstić information content (AvgIpc) is 2.72. The molecule has 0 fully saturated rings. The fourth-order valence-corrected chi connectivity index (χ4v) is 3.72. The van der Waals surface area contributed by atoms with Crippen molar-refractivity contribution in [3.8, 4) is 0 Å². The molecule has 0 aliphatic carbocycles. The molecular formula is C26H18. The van der Waals surface area contributed by atoms with Crippen LogP contribution in [0.15, 0.2) is 97.1 Å². The fourth-order valence-electron chi connectivity index (χ4n) is 3.72. The van der Waals surface area contributed by atoms with E-state index in [1.165, 1.54) is 43.4 Å². The van der Waals surface area contributed by atoms with E-state index in [-0.39, 0.29) is 0 Å². The summed E-state index contributed by atoms with van der Waals surface area (Å²) in [6, 6.07) is 34.7. The van der Waals surface area contributed by atoms with E-state index in [2.05, 4.69) is 109 Å². The smallest absolute Gasteiger partial charge is 0.00994 e. The van der Waals surface area contributed by atoms with Crippen molar-refractivity contribution in [3.05, 3.63) is 108 Å². The molecule has 0 spiro atoms. The lowest BCUT2D eigenvalue weighted by Gasteiger charge is -2.08. The first-order valence-electron chi connectivity index (χ1n) is 8.96. The molecule has 5 aromatic carbocycles. The molecular weight excluding hydrogens is 312 g/mol. The first-order valence-corrected chi connectivity index (χ1v) is 8.96. The highest BCUT2D eigenvalue weighted by Crippen LogP contribution is 2.30. The van der Waals surface area contributed by atoms with Gasteiger partial charge in [0.25, 0.3) is 0 Å². The Morgan fingerprint density at radius 2 is 1.08 bits per heavy atom. The molecule has 0 N–H and O–H groups in total. The van der Waals surface area contributed by atoms with Crippen LogP contribution in [0, 0.1) is 0 Å². The lowest BCUT2D eigenvalue weighted by Crippen LogP contribution is -1.82. The third-order valence-corrected chi connectivity index (χ3v) is 5.03. The van der Waals surface area contributed by atoms with Gasteiger partial charge in [0.2, 0.25) is 0 Å². The fraction of sp³-hybridized carbons (Fsp3) is 0. The van der Waals surface area contributed by atoms with Gasteiger partial charge in [-0.1, -0.05) is 97.1 Å². The minimum Gasteiger partial charge on any atom is -0.0616 e. The molecule has 122 valence electrons. The van der Waals surface area contributed by atoms with E-state index < -0.39 is 0 Å². The highest BCUT2D eigenvalue weighted by molar-refractivity contribution is 6.11. The second-order valence-electron chi connectivity index (χ2n) is 6.67. The summed E-state index contributed by atoms with van der Waals surface area (Å²) in [6.07, 6.45) is 4.45. The Morgan fingerprint density at radius 3 is 1.92 bits per heavy atom. The summed E-state index contributed by atoms with van der Waals surface area (Å²) in [7, 11) is 0. The zero-order chi connectivity index (χ0) is 17.3. The van der Waals surface area contributed by atoms with Crippen molar-refractivity contribution in [2.45, 2.75) is 0 Å². The van der Waals surface area contributed by atoms with E-state index in [0.29, 0.717) is 0 Å². The summed E-state index contributed by atoms with van der Waals surface area (Å²) < 4.78 is 0. The average molecular weight is 330 g/mol. The van der Waals surface area contributed by atoms with Crippen molar-refractivity contribution in [1.82, 2.24) is 0 Å². The molecule has 0 atom stereocenters. The predicted molar refractivity (Wildman–Crippen MR) is 114 cm³/mol. The molecule has 0 aromatic heterocycles. The van der Waals surface area contributed by atoms with Crippen molar-refractivity contribution < 1.29 is 0 Å². The maximum Gasteiger partial charge on any atom is -0.00994 e. The molecule has 0 unspecified atom stereocenters. The van der Waals surface area contributed by atoms with Gasteiger partial charge in [-0.25, -0.2) is 0 Å². The Hall–Kier alpha value is -3.38. The van der Waals surface area contributed by atoms with Crippen molar-refractivity contribution in [1.29, 1.82) is 0 Å². The molecule has 0 saturated carbocycles. The van der Waals surface area contributed by atoms with Gasteiger partial charge in [0.15, 0.2) is 0 Å². The topological polar surface area (TPSA) is 0 Å². The molecule has 5 rings (SSSR count). The molecule has 0 heterocycles. The van der Waals surface area contributed by atoms with Crippen molar-refractivity contribution in [2.24, 2.45) is 0 Å². The normalized spacial score (nSPS) is 11.7. The number of hydrogen-bond acceptors (Lipinski definition) is 0. The zero-order valence-corrected chi connectivity index (χ0v) is 14.4. The van der Waals surface area contributed by atoms with Crippen LogP contribution in [0.5, 0.6) is 0 Å². The minimum absolute atomic E-state index is 1.22. The highest BCUT2D eigenvalue weighted by atomic mass is 14.1. The molecule has 0 nitrogen and oxygen atoms in total. The van der Waals surface area contributed by atoms with Gasteiger partial charge in [-0.3, -0.25) is 0 Å². The van der Waals surface area contributed by atoms with Crippen LogP contribution < -0.4 is 0 Å². The second-order valence-corrected chi connectivity index (χ2v) is 6.67. The van der Waals surface area contributed by atoms with Crippen LogP contribution in [0.1, 0.15) is 11.1 Å². The predicted octanol–water partition coefficient (Wildman–Crippen LogP) is 7.32. The summed E-state index contributed by atoms with van der Waals surface area (Å²) >= 11 is 0. The minimum atomic E-state index is 1.22. The SMILES string of the molecule is C(=C\c1cc2ccccc2c2ccccc12)/c1ccc2ccccc2c1. The number of hydrogen-bond donors (Lipinski definition) is 0. The number of fused-ring (bicyclic) bond motifs is 4. The van der Waals surface area contributed by atoms with E-state index in [9.17, 15) is 0 Å². The summed E-state index contributed by atoms with van der Waals surface area (Å²) in [5.41, 5.74) is 2.48. The first kappa shape index (κ1) is 14.9. The van der Waals surface area contributed by atoms with E-state index in [4.69, 9.17) is 0 Å². The van der Waals surface area contributed by atoms with Crippen molar-refractivity contribution >= 4 is 44.5 Å². The Balaban J connectivity index is 1.66. The summed E-state index contributed by atoms with van der Waals surface area (Å²) in [4.78, 5) is 0. The van der Waals surface area contributed by atoms with E-state index >= 15 is 0 Å². The monoisotopic (exact) mass is 330 g/mol. The van der Waals surface area contributed by atoms with Gasteiger partial charge < -0.3 is 0 Å². The number of rotatable bonds is 2. The Kier molecular flexibility index (Phi) is 3.54. The third-order valence-electron chi connectivity index (χ3n) is 5.03. The van der Waals surface area contributed by atoms with Crippen LogP contribution in [-0.2, 0) is 0 Å². The van der Waals surface area contributed by atoms with Gasteiger partial charge >= 0.3 is 0 Å². The molecule has 0 bridgehead atoms. The maximum absolute atomic E-state index is 2.29. The molecule has 0 aliphatic rings. The van der Waals surface area contributed by atoms with Gasteiger partial charge in [-0.2, -0.15) is 0 Å². The third kappa shape index (κ3) is 2.57. The Morgan fingerprint density at radius 1 is 0.423 bits per heavy atom. The van der Waals surface area contributed by atoms with E-state index in [1.54, 1.807) is 0 Å². The quantitative estimate of drug-likeness (QED) is 0.235. The van der Waals surface area contributed by atoms with Crippen molar-refractivity contribution in [2.75, 3.05) is 0 Å². The lowest BCUT2D eigenvalue weighted by molar-refractivity contribution is 1.70. The van der Waals surface area contributed by atoms with Crippen LogP contribution in [0.2, 0.25) is 0 Å². The van der Waals surface area contributed by atoms with E-state index in [1.807, 2.05) is 0 Å². The van der Waals surface area contributed by atoms with Crippen LogP contribution in [0.4, 0.5) is 0 Å². The van der Waals surface area contributed by atoms with Crippen LogP contribution >= 0.6 is 0 Å². The molecule has 26 heavy (non-hydrogen) atoms. The van der Waals surface area contributed by atoms with E-state index in [0.717, 1.165) is 0 Å². The lowest BCUT2D eigenvalue weighted by atomic mass is 9.96. The molecule has 0 saturated heterocycles. The molecule has 0 aliphatic heterocycles. The second kappa shape index (κ2) is 6.16. The van der Waals surface area contributed by atoms with Gasteiger partial charge in [0.1, 0.15) is 0 Å². The molecule has 0 amide bonds. The summed E-state index contributed by atoms with van der Waals surface area (Å²) in [5.74, 6) is 0. The Bertz CT molecular complexity index is 1280. The standard InChI is InChI=1S/C26H18/c1-2-8-21-17-19(13-15-20(21)7-1)14-16-23-18-22-9-3-4-10-24(22)26-12-6-5-11-25(23)26/h1-18H/b16-14+. The van der Waals surface area contributed by atoms with Crippen LogP contribution in [0.3, 0.4) is 0 Å². The molecule has 0 heteroatoms. The van der Waals surface area contributed by atoms with Crippen LogP contribution in [0.25, 0.3) is 44.5 Å². The van der Waals surface area contributed by atoms with Gasteiger partial charge in [-0.15, -0.1) is 0 Å². The van der Waals surface area contributed by atoms with Crippen LogP contribution in [-0.4, -0.2) is 0 Å². The summed E-state index contributed by atoms with van der Waals surface area (Å²) in [5, 5.41) is 7.75. The first-order chi connectivity index (χ1) is 12.9. The summed E-state index contributed by atoms with van der Waals surface area (Å²) in [6.45, 7) is 0. The Labute approximate surface area is 153 Å². The van der Waals surface area contributed by atoms with Gasteiger partial charge in [0, 0.05) is 0 Å². The molecule has 0 radical (unpaired) electrons. The maximum atomic E-state index is 2.29. The van der Waals surface area contributed by atoms with Gasteiger partial charge in [0.05, 0.1) is 0 Å². The zero-order valence-electron chi connectivity index (χ0n) is 14.4. The van der Waals surface area contributed by atoms with Crippen molar-refractivity contribution in [3.63, 3.8) is 0 Å². The highest BCUT2D eigenvalue weighted by Gasteiger charge is 2.04. The largest absolute Gasteiger partial charge is 0.0616 e. The molecule has 5 aromatic rings.